The molecule has 1 atom stereocenters. The zero-order valence-electron chi connectivity index (χ0n) is 19.8. The minimum atomic E-state index is -5.08. The van der Waals surface area contributed by atoms with Crippen molar-refractivity contribution in [3.05, 3.63) is 42.0 Å². The number of carboxylic acids is 1. The van der Waals surface area contributed by atoms with Crippen molar-refractivity contribution in [2.24, 2.45) is 0 Å². The lowest BCUT2D eigenvalue weighted by Gasteiger charge is -2.45. The van der Waals surface area contributed by atoms with E-state index in [1.54, 1.807) is 18.6 Å². The number of nitrogens with one attached hydrogen (secondary N) is 1. The minimum absolute atomic E-state index is 0.146. The van der Waals surface area contributed by atoms with Crippen LogP contribution in [0.25, 0.3) is 0 Å². The van der Waals surface area contributed by atoms with Crippen molar-refractivity contribution in [2.45, 2.75) is 64.1 Å². The van der Waals surface area contributed by atoms with Crippen LogP contribution in [0, 0.1) is 6.92 Å². The van der Waals surface area contributed by atoms with Crippen LogP contribution in [0.2, 0.25) is 0 Å². The van der Waals surface area contributed by atoms with Gasteiger partial charge in [0, 0.05) is 50.9 Å². The molecule has 1 spiro atoms. The van der Waals surface area contributed by atoms with E-state index in [-0.39, 0.29) is 11.8 Å². The number of carboxylic acid groups (broad SMARTS) is 1. The second-order valence-electron chi connectivity index (χ2n) is 8.41. The van der Waals surface area contributed by atoms with Crippen LogP contribution in [0.3, 0.4) is 0 Å². The zero-order valence-corrected chi connectivity index (χ0v) is 19.8. The first-order valence-corrected chi connectivity index (χ1v) is 11.3. The Labute approximate surface area is 204 Å². The lowest BCUT2D eigenvalue weighted by molar-refractivity contribution is -0.192. The van der Waals surface area contributed by atoms with Crippen LogP contribution in [-0.2, 0) is 37.8 Å². The number of carbonyl (C=O) groups excluding carboxylic acids is 2. The van der Waals surface area contributed by atoms with E-state index < -0.39 is 23.9 Å². The number of imidazole rings is 1. The maximum atomic E-state index is 12.8. The van der Waals surface area contributed by atoms with E-state index in [4.69, 9.17) is 14.6 Å². The molecule has 36 heavy (non-hydrogen) atoms. The van der Waals surface area contributed by atoms with E-state index in [0.717, 1.165) is 11.5 Å². The molecule has 0 radical (unpaired) electrons. The molecule has 2 aliphatic heterocycles. The summed E-state index contributed by atoms with van der Waals surface area (Å²) < 4.78 is 40.1. The molecule has 2 aromatic rings. The molecule has 4 rings (SSSR count). The van der Waals surface area contributed by atoms with Gasteiger partial charge < -0.3 is 24.6 Å². The molecule has 1 fully saturated rings. The molecule has 0 bridgehead atoms. The van der Waals surface area contributed by atoms with Gasteiger partial charge in [0.25, 0.3) is 5.91 Å². The third kappa shape index (κ3) is 6.36. The third-order valence-corrected chi connectivity index (χ3v) is 5.89. The van der Waals surface area contributed by atoms with Crippen molar-refractivity contribution in [3.8, 4) is 0 Å². The van der Waals surface area contributed by atoms with Gasteiger partial charge in [-0.15, -0.1) is 0 Å². The number of halogens is 3. The number of carbonyl (C=O) groups is 3. The number of fused-ring (bicyclic) bond motifs is 2. The first-order chi connectivity index (χ1) is 16.9. The van der Waals surface area contributed by atoms with E-state index >= 15 is 0 Å². The molecule has 196 valence electrons. The van der Waals surface area contributed by atoms with Gasteiger partial charge in [0.05, 0.1) is 30.7 Å². The Morgan fingerprint density at radius 3 is 2.42 bits per heavy atom. The molecule has 1 unspecified atom stereocenters. The number of ether oxygens (including phenoxy) is 1. The topological polar surface area (TPSA) is 140 Å². The summed E-state index contributed by atoms with van der Waals surface area (Å²) in [6.45, 7) is 5.66. The fraction of sp³-hybridized carbons (Fsp3) is 0.545. The van der Waals surface area contributed by atoms with Crippen LogP contribution in [0.4, 0.5) is 13.2 Å². The number of rotatable bonds is 4. The number of aryl methyl sites for hydroxylation is 1. The minimum Gasteiger partial charge on any atom is -0.475 e. The highest BCUT2D eigenvalue weighted by Gasteiger charge is 2.47. The molecule has 2 aliphatic rings. The average Bonchev–Trinajstić information content (AvgIpc) is 3.33. The molecular formula is C22H27F3N6O5. The molecule has 0 saturated carbocycles. The lowest BCUT2D eigenvalue weighted by atomic mass is 9.88. The second kappa shape index (κ2) is 11.0. The second-order valence-corrected chi connectivity index (χ2v) is 8.41. The number of nitrogens with zero attached hydrogens (tertiary/aromatic N) is 5. The number of aromatic nitrogens is 4. The quantitative estimate of drug-likeness (QED) is 0.629. The van der Waals surface area contributed by atoms with E-state index in [1.165, 1.54) is 0 Å². The Kier molecular flexibility index (Phi) is 8.28. The van der Waals surface area contributed by atoms with E-state index in [1.807, 2.05) is 29.5 Å². The monoisotopic (exact) mass is 512 g/mol. The van der Waals surface area contributed by atoms with E-state index in [9.17, 15) is 22.8 Å². The van der Waals surface area contributed by atoms with E-state index in [2.05, 4.69) is 20.3 Å². The zero-order chi connectivity index (χ0) is 26.5. The summed E-state index contributed by atoms with van der Waals surface area (Å²) in [6, 6.07) is 0. The first-order valence-electron chi connectivity index (χ1n) is 11.3. The third-order valence-electron chi connectivity index (χ3n) is 5.89. The van der Waals surface area contributed by atoms with Crippen LogP contribution in [-0.4, -0.2) is 72.7 Å². The molecule has 2 N–H and O–H groups in total. The number of alkyl halides is 3. The number of aliphatic carboxylic acids is 1. The molecule has 2 amide bonds. The van der Waals surface area contributed by atoms with Gasteiger partial charge in [-0.3, -0.25) is 19.6 Å². The summed E-state index contributed by atoms with van der Waals surface area (Å²) in [4.78, 5) is 48.6. The van der Waals surface area contributed by atoms with Crippen LogP contribution < -0.4 is 5.32 Å². The van der Waals surface area contributed by atoms with Crippen molar-refractivity contribution in [3.63, 3.8) is 0 Å². The molecule has 11 nitrogen and oxygen atoms in total. The fourth-order valence-corrected chi connectivity index (χ4v) is 4.02. The van der Waals surface area contributed by atoms with E-state index in [0.29, 0.717) is 51.1 Å². The first kappa shape index (κ1) is 27.0. The maximum Gasteiger partial charge on any atom is 0.490 e. The standard InChI is InChI=1S/C20H26N6O3.C2HF3O2/c1-3-17(27)25-7-4-20(5-8-25)19-21-6-9-26(19)13-16(29-20)18(28)24-12-15-11-22-14(2)10-23-15;3-2(4,5)1(6)7/h6,9-11,16H,3-5,7-8,12-13H2,1-2H3,(H,24,28);(H,6,7). The Hall–Kier alpha value is -3.55. The van der Waals surface area contributed by atoms with Crippen LogP contribution in [0.15, 0.2) is 24.8 Å². The number of hydrogen-bond donors (Lipinski definition) is 2. The number of hydrogen-bond acceptors (Lipinski definition) is 7. The predicted molar refractivity (Wildman–Crippen MR) is 117 cm³/mol. The van der Waals surface area contributed by atoms with Gasteiger partial charge in [-0.1, -0.05) is 6.92 Å². The fourth-order valence-electron chi connectivity index (χ4n) is 4.02. The van der Waals surface area contributed by atoms with Gasteiger partial charge >= 0.3 is 12.1 Å². The Bertz CT molecular complexity index is 1080. The molecule has 0 aliphatic carbocycles. The van der Waals surface area contributed by atoms with Crippen molar-refractivity contribution < 1.29 is 37.4 Å². The van der Waals surface area contributed by atoms with Crippen LogP contribution in [0.1, 0.15) is 43.4 Å². The summed E-state index contributed by atoms with van der Waals surface area (Å²) in [5.74, 6) is -1.95. The number of likely N-dealkylation sites (tertiary alicyclic amines) is 1. The summed E-state index contributed by atoms with van der Waals surface area (Å²) in [6.07, 6.45) is 3.01. The van der Waals surface area contributed by atoms with Gasteiger partial charge in [-0.05, 0) is 6.92 Å². The summed E-state index contributed by atoms with van der Waals surface area (Å²) in [5, 5.41) is 10.0. The van der Waals surface area contributed by atoms with Crippen LogP contribution >= 0.6 is 0 Å². The van der Waals surface area contributed by atoms with Crippen molar-refractivity contribution in [1.29, 1.82) is 0 Å². The molecule has 0 aromatic carbocycles. The predicted octanol–water partition coefficient (Wildman–Crippen LogP) is 1.56. The SMILES string of the molecule is CCC(=O)N1CCC2(CC1)OC(C(=O)NCc1cnc(C)cn1)Cn1ccnc12.O=C(O)C(F)(F)F. The molecule has 1 saturated heterocycles. The van der Waals surface area contributed by atoms with Gasteiger partial charge in [0.15, 0.2) is 6.10 Å². The van der Waals surface area contributed by atoms with Gasteiger partial charge in [0.1, 0.15) is 11.4 Å². The number of amides is 2. The highest BCUT2D eigenvalue weighted by atomic mass is 19.4. The lowest BCUT2D eigenvalue weighted by Crippen LogP contribution is -2.54. The maximum absolute atomic E-state index is 12.8. The van der Waals surface area contributed by atoms with Gasteiger partial charge in [0.2, 0.25) is 5.91 Å². The Morgan fingerprint density at radius 1 is 1.19 bits per heavy atom. The Balaban J connectivity index is 0.000000454. The highest BCUT2D eigenvalue weighted by Crippen LogP contribution is 2.40. The van der Waals surface area contributed by atoms with Crippen molar-refractivity contribution in [1.82, 2.24) is 29.7 Å². The summed E-state index contributed by atoms with van der Waals surface area (Å²) >= 11 is 0. The molecular weight excluding hydrogens is 485 g/mol. The van der Waals surface area contributed by atoms with Crippen LogP contribution in [0.5, 0.6) is 0 Å². The average molecular weight is 512 g/mol. The van der Waals surface area contributed by atoms with Gasteiger partial charge in [-0.25, -0.2) is 9.78 Å². The smallest absolute Gasteiger partial charge is 0.475 e. The molecule has 4 heterocycles. The molecule has 14 heteroatoms. The Morgan fingerprint density at radius 2 is 1.86 bits per heavy atom. The van der Waals surface area contributed by atoms with Crippen molar-refractivity contribution in [2.75, 3.05) is 13.1 Å². The number of piperidine rings is 1. The molecule has 2 aromatic heterocycles. The summed E-state index contributed by atoms with van der Waals surface area (Å²) in [7, 11) is 0. The van der Waals surface area contributed by atoms with Gasteiger partial charge in [-0.2, -0.15) is 13.2 Å². The highest BCUT2D eigenvalue weighted by molar-refractivity contribution is 5.81. The van der Waals surface area contributed by atoms with Crippen molar-refractivity contribution >= 4 is 17.8 Å². The normalized spacial score (nSPS) is 18.6. The summed E-state index contributed by atoms with van der Waals surface area (Å²) in [5.41, 5.74) is 0.889. The largest absolute Gasteiger partial charge is 0.490 e.